The number of aromatic nitrogens is 3. The summed E-state index contributed by atoms with van der Waals surface area (Å²) in [5.41, 5.74) is 7.94. The molecule has 1 aromatic carbocycles. The van der Waals surface area contributed by atoms with Crippen molar-refractivity contribution in [1.29, 1.82) is 0 Å². The Morgan fingerprint density at radius 2 is 1.69 bits per heavy atom. The highest BCUT2D eigenvalue weighted by molar-refractivity contribution is 5.70. The molecular formula is C23H25N3. The van der Waals surface area contributed by atoms with Crippen LogP contribution in [-0.4, -0.2) is 15.0 Å². The minimum Gasteiger partial charge on any atom is -0.250 e. The van der Waals surface area contributed by atoms with Crippen LogP contribution in [0.2, 0.25) is 0 Å². The van der Waals surface area contributed by atoms with Crippen molar-refractivity contribution in [2.24, 2.45) is 0 Å². The molecule has 0 bridgehead atoms. The molecule has 2 heterocycles. The van der Waals surface area contributed by atoms with Crippen molar-refractivity contribution in [2.75, 3.05) is 0 Å². The van der Waals surface area contributed by atoms with E-state index in [2.05, 4.69) is 50.0 Å². The topological polar surface area (TPSA) is 38.7 Å². The first-order valence-corrected chi connectivity index (χ1v) is 9.37. The summed E-state index contributed by atoms with van der Waals surface area (Å²) in [6.45, 7) is 8.76. The Labute approximate surface area is 155 Å². The molecule has 0 unspecified atom stereocenters. The van der Waals surface area contributed by atoms with E-state index in [-0.39, 0.29) is 5.41 Å². The van der Waals surface area contributed by atoms with Crippen LogP contribution in [0.5, 0.6) is 0 Å². The molecule has 0 radical (unpaired) electrons. The van der Waals surface area contributed by atoms with Crippen molar-refractivity contribution < 1.29 is 0 Å². The summed E-state index contributed by atoms with van der Waals surface area (Å²) in [7, 11) is 0. The molecule has 0 aliphatic heterocycles. The molecule has 3 aromatic rings. The molecule has 0 amide bonds. The molecule has 0 fully saturated rings. The zero-order valence-electron chi connectivity index (χ0n) is 16.0. The van der Waals surface area contributed by atoms with Crippen molar-refractivity contribution in [2.45, 2.75) is 52.4 Å². The summed E-state index contributed by atoms with van der Waals surface area (Å²) in [6, 6.07) is 14.5. The summed E-state index contributed by atoms with van der Waals surface area (Å²) in [4.78, 5) is 14.7. The van der Waals surface area contributed by atoms with Gasteiger partial charge in [-0.05, 0) is 50.8 Å². The molecule has 0 saturated heterocycles. The lowest BCUT2D eigenvalue weighted by molar-refractivity contribution is 0.418. The Balaban J connectivity index is 2.01. The van der Waals surface area contributed by atoms with Gasteiger partial charge in [-0.2, -0.15) is 0 Å². The number of hydrogen-bond acceptors (Lipinski definition) is 3. The van der Waals surface area contributed by atoms with Crippen LogP contribution >= 0.6 is 0 Å². The maximum absolute atomic E-state index is 5.02. The second-order valence-corrected chi connectivity index (χ2v) is 7.94. The van der Waals surface area contributed by atoms with Crippen molar-refractivity contribution >= 4 is 0 Å². The molecule has 3 nitrogen and oxygen atoms in total. The highest BCUT2D eigenvalue weighted by atomic mass is 14.9. The van der Waals surface area contributed by atoms with Gasteiger partial charge in [-0.3, -0.25) is 0 Å². The van der Waals surface area contributed by atoms with Crippen molar-refractivity contribution in [3.8, 4) is 22.8 Å². The van der Waals surface area contributed by atoms with Crippen molar-refractivity contribution in [3.63, 3.8) is 0 Å². The second-order valence-electron chi connectivity index (χ2n) is 7.94. The smallest absolute Gasteiger partial charge is 0.179 e. The van der Waals surface area contributed by atoms with Gasteiger partial charge < -0.3 is 0 Å². The molecule has 0 saturated carbocycles. The SMILES string of the molecule is Cc1cccc(-c2nc(-c3ccccc3C)c3c(n2)C(C)(C)CCC3)n1. The summed E-state index contributed by atoms with van der Waals surface area (Å²) in [5, 5.41) is 0. The molecule has 2 aromatic heterocycles. The maximum atomic E-state index is 5.02. The number of hydrogen-bond donors (Lipinski definition) is 0. The third-order valence-corrected chi connectivity index (χ3v) is 5.39. The number of pyridine rings is 1. The van der Waals surface area contributed by atoms with Gasteiger partial charge in [-0.15, -0.1) is 0 Å². The van der Waals surface area contributed by atoms with E-state index < -0.39 is 0 Å². The van der Waals surface area contributed by atoms with Gasteiger partial charge in [0, 0.05) is 22.2 Å². The number of fused-ring (bicyclic) bond motifs is 1. The molecule has 132 valence electrons. The summed E-state index contributed by atoms with van der Waals surface area (Å²) < 4.78 is 0. The molecule has 0 atom stereocenters. The Hall–Kier alpha value is -2.55. The van der Waals surface area contributed by atoms with Crippen LogP contribution in [0.4, 0.5) is 0 Å². The van der Waals surface area contributed by atoms with Gasteiger partial charge in [0.25, 0.3) is 0 Å². The third-order valence-electron chi connectivity index (χ3n) is 5.39. The molecule has 4 rings (SSSR count). The van der Waals surface area contributed by atoms with Crippen LogP contribution < -0.4 is 0 Å². The molecule has 1 aliphatic carbocycles. The van der Waals surface area contributed by atoms with Gasteiger partial charge in [-0.25, -0.2) is 15.0 Å². The van der Waals surface area contributed by atoms with Crippen LogP contribution in [0.3, 0.4) is 0 Å². The monoisotopic (exact) mass is 343 g/mol. The predicted octanol–water partition coefficient (Wildman–Crippen LogP) is 5.44. The Bertz CT molecular complexity index is 973. The van der Waals surface area contributed by atoms with Crippen molar-refractivity contribution in [1.82, 2.24) is 15.0 Å². The van der Waals surface area contributed by atoms with Gasteiger partial charge >= 0.3 is 0 Å². The average molecular weight is 343 g/mol. The fourth-order valence-corrected chi connectivity index (χ4v) is 3.95. The number of rotatable bonds is 2. The molecule has 1 aliphatic rings. The first-order valence-electron chi connectivity index (χ1n) is 9.37. The van der Waals surface area contributed by atoms with E-state index in [9.17, 15) is 0 Å². The number of benzene rings is 1. The first kappa shape index (κ1) is 16.9. The molecule has 0 N–H and O–H groups in total. The van der Waals surface area contributed by atoms with Crippen LogP contribution in [0.15, 0.2) is 42.5 Å². The van der Waals surface area contributed by atoms with E-state index in [1.54, 1.807) is 0 Å². The minimum atomic E-state index is 0.0620. The maximum Gasteiger partial charge on any atom is 0.179 e. The van der Waals surface area contributed by atoms with E-state index in [0.29, 0.717) is 0 Å². The van der Waals surface area contributed by atoms with Crippen LogP contribution in [0, 0.1) is 13.8 Å². The molecule has 3 heteroatoms. The fraction of sp³-hybridized carbons (Fsp3) is 0.348. The third kappa shape index (κ3) is 2.92. The molecule has 26 heavy (non-hydrogen) atoms. The second kappa shape index (κ2) is 6.31. The van der Waals surface area contributed by atoms with E-state index in [1.807, 2.05) is 25.1 Å². The Morgan fingerprint density at radius 1 is 0.885 bits per heavy atom. The van der Waals surface area contributed by atoms with E-state index >= 15 is 0 Å². The zero-order chi connectivity index (χ0) is 18.3. The molecular weight excluding hydrogens is 318 g/mol. The van der Waals surface area contributed by atoms with Crippen LogP contribution in [0.1, 0.15) is 49.2 Å². The lowest BCUT2D eigenvalue weighted by Crippen LogP contribution is -2.27. The fourth-order valence-electron chi connectivity index (χ4n) is 3.95. The van der Waals surface area contributed by atoms with E-state index in [4.69, 9.17) is 9.97 Å². The summed E-state index contributed by atoms with van der Waals surface area (Å²) >= 11 is 0. The Morgan fingerprint density at radius 3 is 2.46 bits per heavy atom. The van der Waals surface area contributed by atoms with Gasteiger partial charge in [-0.1, -0.05) is 44.2 Å². The first-order chi connectivity index (χ1) is 12.5. The highest BCUT2D eigenvalue weighted by Gasteiger charge is 2.32. The lowest BCUT2D eigenvalue weighted by Gasteiger charge is -2.32. The summed E-state index contributed by atoms with van der Waals surface area (Å²) in [6.07, 6.45) is 3.39. The summed E-state index contributed by atoms with van der Waals surface area (Å²) in [5.74, 6) is 0.737. The van der Waals surface area contributed by atoms with Crippen LogP contribution in [-0.2, 0) is 11.8 Å². The van der Waals surface area contributed by atoms with Gasteiger partial charge in [0.15, 0.2) is 5.82 Å². The highest BCUT2D eigenvalue weighted by Crippen LogP contribution is 2.40. The predicted molar refractivity (Wildman–Crippen MR) is 106 cm³/mol. The van der Waals surface area contributed by atoms with Crippen LogP contribution in [0.25, 0.3) is 22.8 Å². The van der Waals surface area contributed by atoms with Gasteiger partial charge in [0.1, 0.15) is 5.69 Å². The van der Waals surface area contributed by atoms with E-state index in [0.717, 1.165) is 35.7 Å². The lowest BCUT2D eigenvalue weighted by atomic mass is 9.75. The molecule has 0 spiro atoms. The average Bonchev–Trinajstić information content (AvgIpc) is 2.61. The standard InChI is InChI=1S/C23H25N3/c1-15-9-5-6-11-17(15)20-18-12-8-14-23(3,4)21(18)26-22(25-20)19-13-7-10-16(2)24-19/h5-7,9-11,13H,8,12,14H2,1-4H3. The number of aryl methyl sites for hydroxylation is 2. The van der Waals surface area contributed by atoms with Gasteiger partial charge in [0.2, 0.25) is 0 Å². The zero-order valence-corrected chi connectivity index (χ0v) is 16.0. The van der Waals surface area contributed by atoms with Gasteiger partial charge in [0.05, 0.1) is 11.4 Å². The normalized spacial score (nSPS) is 15.5. The van der Waals surface area contributed by atoms with E-state index in [1.165, 1.54) is 28.8 Å². The minimum absolute atomic E-state index is 0.0620. The largest absolute Gasteiger partial charge is 0.250 e. The number of nitrogens with zero attached hydrogens (tertiary/aromatic N) is 3. The van der Waals surface area contributed by atoms with Crippen molar-refractivity contribution in [3.05, 3.63) is 65.0 Å². The quantitative estimate of drug-likeness (QED) is 0.622. The Kier molecular flexibility index (Phi) is 4.10.